The molecule has 2 N–H and O–H groups in total. The van der Waals surface area contributed by atoms with E-state index in [9.17, 15) is 27.5 Å². The molecule has 1 heterocycles. The minimum absolute atomic E-state index is 0.0653. The van der Waals surface area contributed by atoms with Crippen molar-refractivity contribution >= 4 is 11.7 Å². The monoisotopic (exact) mass is 331 g/mol. The van der Waals surface area contributed by atoms with Crippen molar-refractivity contribution in [2.75, 3.05) is 18.4 Å². The maximum Gasteiger partial charge on any atom is 0.417 e. The molecule has 0 spiro atoms. The smallest absolute Gasteiger partial charge is 0.380 e. The largest absolute Gasteiger partial charge is 0.417 e. The van der Waals surface area contributed by atoms with Gasteiger partial charge in [-0.3, -0.25) is 0 Å². The summed E-state index contributed by atoms with van der Waals surface area (Å²) >= 11 is 0. The highest BCUT2D eigenvalue weighted by Crippen LogP contribution is 2.38. The molecule has 5 nitrogen and oxygen atoms in total. The number of alkyl halides is 3. The van der Waals surface area contributed by atoms with Crippen LogP contribution in [-0.4, -0.2) is 40.9 Å². The van der Waals surface area contributed by atoms with Gasteiger partial charge in [0.05, 0.1) is 11.3 Å². The fourth-order valence-electron chi connectivity index (χ4n) is 2.28. The van der Waals surface area contributed by atoms with Crippen molar-refractivity contribution in [1.82, 2.24) is 4.90 Å². The standard InChI is InChI=1S/C14H13F4N3O2/c15-10-1-2-11(9(7-10)8-19)20-12(22)21-5-3-13(23,4-6-21)14(16,17)18/h1-2,7,23H,3-6H2,(H,20,22). The second-order valence-electron chi connectivity index (χ2n) is 5.25. The van der Waals surface area contributed by atoms with Gasteiger partial charge in [-0.25, -0.2) is 9.18 Å². The van der Waals surface area contributed by atoms with Gasteiger partial charge in [-0.1, -0.05) is 0 Å². The van der Waals surface area contributed by atoms with Crippen LogP contribution in [-0.2, 0) is 0 Å². The first-order valence-electron chi connectivity index (χ1n) is 6.71. The summed E-state index contributed by atoms with van der Waals surface area (Å²) in [5.41, 5.74) is -2.82. The number of aliphatic hydroxyl groups is 1. The van der Waals surface area contributed by atoms with Crippen LogP contribution in [0.15, 0.2) is 18.2 Å². The maximum absolute atomic E-state index is 13.0. The highest BCUT2D eigenvalue weighted by atomic mass is 19.4. The summed E-state index contributed by atoms with van der Waals surface area (Å²) in [4.78, 5) is 13.1. The van der Waals surface area contributed by atoms with E-state index >= 15 is 0 Å². The average Bonchev–Trinajstić information content (AvgIpc) is 2.48. The number of anilines is 1. The molecule has 2 amide bonds. The molecule has 0 saturated carbocycles. The van der Waals surface area contributed by atoms with Crippen LogP contribution >= 0.6 is 0 Å². The van der Waals surface area contributed by atoms with Crippen molar-refractivity contribution in [2.24, 2.45) is 0 Å². The third-order valence-corrected chi connectivity index (χ3v) is 3.75. The number of amides is 2. The highest BCUT2D eigenvalue weighted by Gasteiger charge is 2.54. The quantitative estimate of drug-likeness (QED) is 0.777. The summed E-state index contributed by atoms with van der Waals surface area (Å²) in [6, 6.07) is 4.19. The molecule has 1 aromatic carbocycles. The number of rotatable bonds is 1. The Morgan fingerprint density at radius 2 is 1.96 bits per heavy atom. The number of carbonyl (C=O) groups excluding carboxylic acids is 1. The second-order valence-corrected chi connectivity index (χ2v) is 5.25. The zero-order valence-electron chi connectivity index (χ0n) is 11.8. The fourth-order valence-corrected chi connectivity index (χ4v) is 2.28. The van der Waals surface area contributed by atoms with Gasteiger partial charge in [0, 0.05) is 25.9 Å². The van der Waals surface area contributed by atoms with Crippen LogP contribution in [0.25, 0.3) is 0 Å². The molecule has 0 radical (unpaired) electrons. The van der Waals surface area contributed by atoms with Gasteiger partial charge in [-0.2, -0.15) is 18.4 Å². The Morgan fingerprint density at radius 1 is 1.35 bits per heavy atom. The molecule has 23 heavy (non-hydrogen) atoms. The van der Waals surface area contributed by atoms with Crippen LogP contribution in [0.2, 0.25) is 0 Å². The van der Waals surface area contributed by atoms with Crippen LogP contribution in [0, 0.1) is 17.1 Å². The number of benzene rings is 1. The van der Waals surface area contributed by atoms with Crippen LogP contribution in [0.4, 0.5) is 28.0 Å². The molecule has 124 valence electrons. The number of carbonyl (C=O) groups is 1. The van der Waals surface area contributed by atoms with E-state index in [2.05, 4.69) is 5.32 Å². The molecule has 2 rings (SSSR count). The zero-order chi connectivity index (χ0) is 17.3. The molecule has 0 aromatic heterocycles. The Kier molecular flexibility index (Phi) is 4.47. The summed E-state index contributed by atoms with van der Waals surface area (Å²) in [7, 11) is 0. The Morgan fingerprint density at radius 3 is 2.48 bits per heavy atom. The molecule has 0 bridgehead atoms. The van der Waals surface area contributed by atoms with Crippen molar-refractivity contribution < 1.29 is 27.5 Å². The highest BCUT2D eigenvalue weighted by molar-refractivity contribution is 5.90. The van der Waals surface area contributed by atoms with E-state index in [1.807, 2.05) is 0 Å². The molecular weight excluding hydrogens is 318 g/mol. The molecule has 1 saturated heterocycles. The van der Waals surface area contributed by atoms with Gasteiger partial charge in [-0.15, -0.1) is 0 Å². The number of urea groups is 1. The van der Waals surface area contributed by atoms with Gasteiger partial charge in [0.15, 0.2) is 5.60 Å². The zero-order valence-corrected chi connectivity index (χ0v) is 11.8. The Hall–Kier alpha value is -2.34. The molecule has 9 heteroatoms. The van der Waals surface area contributed by atoms with E-state index in [-0.39, 0.29) is 24.3 Å². The SMILES string of the molecule is N#Cc1cc(F)ccc1NC(=O)N1CCC(O)(C(F)(F)F)CC1. The predicted octanol–water partition coefficient (Wildman–Crippen LogP) is 2.62. The molecule has 1 aliphatic rings. The lowest BCUT2D eigenvalue weighted by molar-refractivity contribution is -0.271. The van der Waals surface area contributed by atoms with Crippen molar-refractivity contribution in [3.05, 3.63) is 29.6 Å². The first-order valence-corrected chi connectivity index (χ1v) is 6.71. The summed E-state index contributed by atoms with van der Waals surface area (Å²) in [5.74, 6) is -0.646. The number of piperidine rings is 1. The van der Waals surface area contributed by atoms with Crippen molar-refractivity contribution in [1.29, 1.82) is 5.26 Å². The van der Waals surface area contributed by atoms with Gasteiger partial charge < -0.3 is 15.3 Å². The Bertz CT molecular complexity index is 646. The van der Waals surface area contributed by atoms with E-state index in [0.717, 1.165) is 17.0 Å². The topological polar surface area (TPSA) is 76.4 Å². The van der Waals surface area contributed by atoms with Crippen LogP contribution < -0.4 is 5.32 Å². The molecule has 1 aliphatic heterocycles. The van der Waals surface area contributed by atoms with Crippen LogP contribution in [0.3, 0.4) is 0 Å². The van der Waals surface area contributed by atoms with E-state index in [0.29, 0.717) is 0 Å². The number of likely N-dealkylation sites (tertiary alicyclic amines) is 1. The van der Waals surface area contributed by atoms with Gasteiger partial charge in [-0.05, 0) is 18.2 Å². The fraction of sp³-hybridized carbons (Fsp3) is 0.429. The summed E-state index contributed by atoms with van der Waals surface area (Å²) < 4.78 is 51.1. The summed E-state index contributed by atoms with van der Waals surface area (Å²) in [6.07, 6.45) is -6.00. The second kappa shape index (κ2) is 6.04. The molecular formula is C14H13F4N3O2. The van der Waals surface area contributed by atoms with Crippen LogP contribution in [0.1, 0.15) is 18.4 Å². The average molecular weight is 331 g/mol. The number of nitrogens with zero attached hydrogens (tertiary/aromatic N) is 2. The molecule has 0 aliphatic carbocycles. The lowest BCUT2D eigenvalue weighted by atomic mass is 9.91. The molecule has 1 fully saturated rings. The summed E-state index contributed by atoms with van der Waals surface area (Å²) in [5, 5.41) is 20.8. The first kappa shape index (κ1) is 17.0. The van der Waals surface area contributed by atoms with E-state index in [4.69, 9.17) is 5.26 Å². The van der Waals surface area contributed by atoms with Gasteiger partial charge in [0.1, 0.15) is 11.9 Å². The summed E-state index contributed by atoms with van der Waals surface area (Å²) in [6.45, 7) is -0.574. The number of nitriles is 1. The van der Waals surface area contributed by atoms with Gasteiger partial charge in [0.25, 0.3) is 0 Å². The third kappa shape index (κ3) is 3.53. The predicted molar refractivity (Wildman–Crippen MR) is 71.9 cm³/mol. The molecule has 0 atom stereocenters. The minimum atomic E-state index is -4.75. The lowest BCUT2D eigenvalue weighted by Gasteiger charge is -2.39. The maximum atomic E-state index is 13.0. The van der Waals surface area contributed by atoms with Gasteiger partial charge >= 0.3 is 12.2 Å². The van der Waals surface area contributed by atoms with Gasteiger partial charge in [0.2, 0.25) is 0 Å². The van der Waals surface area contributed by atoms with Crippen LogP contribution in [0.5, 0.6) is 0 Å². The van der Waals surface area contributed by atoms with Crippen molar-refractivity contribution in [3.63, 3.8) is 0 Å². The molecule has 1 aromatic rings. The number of hydrogen-bond acceptors (Lipinski definition) is 3. The molecule has 0 unspecified atom stereocenters. The van der Waals surface area contributed by atoms with E-state index < -0.39 is 36.5 Å². The first-order chi connectivity index (χ1) is 10.7. The van der Waals surface area contributed by atoms with E-state index in [1.165, 1.54) is 6.07 Å². The Labute approximate surface area is 129 Å². The Balaban J connectivity index is 2.03. The number of nitrogens with one attached hydrogen (secondary N) is 1. The minimum Gasteiger partial charge on any atom is -0.380 e. The van der Waals surface area contributed by atoms with E-state index in [1.54, 1.807) is 6.07 Å². The normalized spacial score (nSPS) is 17.5. The lowest BCUT2D eigenvalue weighted by Crippen LogP contribution is -2.55. The van der Waals surface area contributed by atoms with Crippen molar-refractivity contribution in [2.45, 2.75) is 24.6 Å². The number of halogens is 4. The number of hydrogen-bond donors (Lipinski definition) is 2. The van der Waals surface area contributed by atoms with Crippen molar-refractivity contribution in [3.8, 4) is 6.07 Å². The third-order valence-electron chi connectivity index (χ3n) is 3.75.